The second-order valence-corrected chi connectivity index (χ2v) is 4.38. The lowest BCUT2D eigenvalue weighted by molar-refractivity contribution is 0.0527. The van der Waals surface area contributed by atoms with Crippen molar-refractivity contribution in [3.8, 4) is 11.4 Å². The number of carbonyl (C=O) groups excluding carboxylic acids is 1. The molecule has 0 saturated carbocycles. The summed E-state index contributed by atoms with van der Waals surface area (Å²) in [7, 11) is 1.60. The molecule has 1 aromatic heterocycles. The normalized spacial score (nSPS) is 10.5. The number of rotatable bonds is 7. The van der Waals surface area contributed by atoms with E-state index in [0.717, 1.165) is 0 Å². The lowest BCUT2D eigenvalue weighted by Gasteiger charge is -2.12. The number of nitrogen functional groups attached to an aromatic ring is 1. The van der Waals surface area contributed by atoms with Crippen molar-refractivity contribution in [2.45, 2.75) is 6.92 Å². The third-order valence-electron chi connectivity index (χ3n) is 2.94. The molecule has 0 aliphatic rings. The molecule has 0 aliphatic carbocycles. The molecular weight excluding hydrogens is 286 g/mol. The zero-order valence-electron chi connectivity index (χ0n) is 12.6. The highest BCUT2D eigenvalue weighted by molar-refractivity contribution is 5.94. The molecule has 2 aromatic rings. The lowest BCUT2D eigenvalue weighted by Crippen LogP contribution is -2.11. The molecule has 0 radical (unpaired) electrons. The minimum Gasteiger partial charge on any atom is -0.489 e. The number of para-hydroxylation sites is 2. The predicted molar refractivity (Wildman–Crippen MR) is 81.3 cm³/mol. The fourth-order valence-electron chi connectivity index (χ4n) is 1.91. The van der Waals surface area contributed by atoms with Crippen molar-refractivity contribution >= 4 is 11.8 Å². The van der Waals surface area contributed by atoms with Crippen molar-refractivity contribution in [2.75, 3.05) is 32.7 Å². The molecule has 7 nitrogen and oxygen atoms in total. The molecule has 0 fully saturated rings. The van der Waals surface area contributed by atoms with Gasteiger partial charge in [-0.1, -0.05) is 12.1 Å². The summed E-state index contributed by atoms with van der Waals surface area (Å²) in [6, 6.07) is 7.29. The molecule has 22 heavy (non-hydrogen) atoms. The molecule has 1 heterocycles. The first-order chi connectivity index (χ1) is 10.7. The average Bonchev–Trinajstić information content (AvgIpc) is 2.90. The molecule has 7 heteroatoms. The van der Waals surface area contributed by atoms with Crippen molar-refractivity contribution in [3.63, 3.8) is 0 Å². The largest absolute Gasteiger partial charge is 0.489 e. The summed E-state index contributed by atoms with van der Waals surface area (Å²) in [5, 5.41) is 4.16. The molecule has 0 bridgehead atoms. The van der Waals surface area contributed by atoms with Gasteiger partial charge in [0, 0.05) is 7.11 Å². The van der Waals surface area contributed by atoms with Gasteiger partial charge in [-0.3, -0.25) is 0 Å². The fraction of sp³-hybridized carbons (Fsp3) is 0.333. The van der Waals surface area contributed by atoms with Crippen molar-refractivity contribution in [1.29, 1.82) is 0 Å². The highest BCUT2D eigenvalue weighted by Gasteiger charge is 2.18. The van der Waals surface area contributed by atoms with Gasteiger partial charge in [0.25, 0.3) is 0 Å². The summed E-state index contributed by atoms with van der Waals surface area (Å²) in [5.74, 6) is 0.315. The number of aromatic nitrogens is 2. The van der Waals surface area contributed by atoms with Crippen LogP contribution in [0.1, 0.15) is 17.3 Å². The fourth-order valence-corrected chi connectivity index (χ4v) is 1.91. The first-order valence-corrected chi connectivity index (χ1v) is 6.90. The van der Waals surface area contributed by atoms with E-state index in [9.17, 15) is 4.79 Å². The number of nitrogens with two attached hydrogens (primary N) is 1. The Morgan fingerprint density at radius 2 is 2.09 bits per heavy atom. The molecule has 0 atom stereocenters. The summed E-state index contributed by atoms with van der Waals surface area (Å²) < 4.78 is 17.0. The topological polar surface area (TPSA) is 88.6 Å². The number of carbonyl (C=O) groups is 1. The van der Waals surface area contributed by atoms with E-state index in [1.54, 1.807) is 26.2 Å². The van der Waals surface area contributed by atoms with Crippen LogP contribution < -0.4 is 10.5 Å². The van der Waals surface area contributed by atoms with Crippen LogP contribution in [0.3, 0.4) is 0 Å². The van der Waals surface area contributed by atoms with E-state index in [2.05, 4.69) is 5.10 Å². The van der Waals surface area contributed by atoms with Gasteiger partial charge < -0.3 is 19.9 Å². The highest BCUT2D eigenvalue weighted by Crippen LogP contribution is 2.26. The maximum Gasteiger partial charge on any atom is 0.343 e. The number of methoxy groups -OCH3 is 1. The second kappa shape index (κ2) is 7.46. The van der Waals surface area contributed by atoms with Gasteiger partial charge in [0.1, 0.15) is 29.4 Å². The molecule has 0 spiro atoms. The van der Waals surface area contributed by atoms with Crippen molar-refractivity contribution in [1.82, 2.24) is 9.78 Å². The van der Waals surface area contributed by atoms with E-state index in [1.807, 2.05) is 12.1 Å². The van der Waals surface area contributed by atoms with E-state index in [0.29, 0.717) is 24.7 Å². The van der Waals surface area contributed by atoms with Crippen molar-refractivity contribution < 1.29 is 19.0 Å². The van der Waals surface area contributed by atoms with Crippen molar-refractivity contribution in [3.05, 3.63) is 36.0 Å². The zero-order valence-corrected chi connectivity index (χ0v) is 12.6. The van der Waals surface area contributed by atoms with Crippen LogP contribution in [0.4, 0.5) is 5.82 Å². The summed E-state index contributed by atoms with van der Waals surface area (Å²) >= 11 is 0. The molecule has 2 N–H and O–H groups in total. The SMILES string of the molecule is CCOC(=O)c1cnn(-c2ccccc2OCCOC)c1N. The Balaban J connectivity index is 2.30. The Bertz CT molecular complexity index is 639. The monoisotopic (exact) mass is 305 g/mol. The summed E-state index contributed by atoms with van der Waals surface area (Å²) in [5.41, 5.74) is 6.88. The van der Waals surface area contributed by atoms with E-state index in [1.165, 1.54) is 10.9 Å². The second-order valence-electron chi connectivity index (χ2n) is 4.38. The van der Waals surface area contributed by atoms with Crippen LogP contribution >= 0.6 is 0 Å². The van der Waals surface area contributed by atoms with E-state index in [-0.39, 0.29) is 18.0 Å². The van der Waals surface area contributed by atoms with E-state index < -0.39 is 5.97 Å². The lowest BCUT2D eigenvalue weighted by atomic mass is 10.3. The van der Waals surface area contributed by atoms with Crippen LogP contribution in [0, 0.1) is 0 Å². The maximum absolute atomic E-state index is 11.8. The van der Waals surface area contributed by atoms with Gasteiger partial charge in [-0.2, -0.15) is 5.10 Å². The Morgan fingerprint density at radius 3 is 2.82 bits per heavy atom. The third kappa shape index (κ3) is 3.37. The van der Waals surface area contributed by atoms with E-state index in [4.69, 9.17) is 19.9 Å². The highest BCUT2D eigenvalue weighted by atomic mass is 16.5. The molecule has 0 amide bonds. The van der Waals surface area contributed by atoms with Gasteiger partial charge in [-0.25, -0.2) is 9.48 Å². The molecular formula is C15H19N3O4. The molecule has 2 rings (SSSR count). The summed E-state index contributed by atoms with van der Waals surface area (Å²) in [6.45, 7) is 2.88. The Labute approximate surface area is 128 Å². The van der Waals surface area contributed by atoms with Gasteiger partial charge >= 0.3 is 5.97 Å². The third-order valence-corrected chi connectivity index (χ3v) is 2.94. The van der Waals surface area contributed by atoms with Crippen LogP contribution in [0.15, 0.2) is 30.5 Å². The van der Waals surface area contributed by atoms with E-state index >= 15 is 0 Å². The average molecular weight is 305 g/mol. The van der Waals surface area contributed by atoms with Crippen LogP contribution in [0.5, 0.6) is 5.75 Å². The number of nitrogens with zero attached hydrogens (tertiary/aromatic N) is 2. The van der Waals surface area contributed by atoms with Gasteiger partial charge in [-0.05, 0) is 19.1 Å². The minimum absolute atomic E-state index is 0.209. The Kier molecular flexibility index (Phi) is 5.37. The molecule has 1 aromatic carbocycles. The molecule has 0 saturated heterocycles. The number of esters is 1. The first-order valence-electron chi connectivity index (χ1n) is 6.90. The van der Waals surface area contributed by atoms with Crippen LogP contribution in [-0.4, -0.2) is 42.7 Å². The minimum atomic E-state index is -0.496. The summed E-state index contributed by atoms with van der Waals surface area (Å²) in [6.07, 6.45) is 1.39. The van der Waals surface area contributed by atoms with Gasteiger partial charge in [-0.15, -0.1) is 0 Å². The predicted octanol–water partition coefficient (Wildman–Crippen LogP) is 1.66. The molecule has 0 aliphatic heterocycles. The number of ether oxygens (including phenoxy) is 3. The van der Waals surface area contributed by atoms with Gasteiger partial charge in [0.15, 0.2) is 0 Å². The first kappa shape index (κ1) is 15.8. The van der Waals surface area contributed by atoms with Gasteiger partial charge in [0.05, 0.1) is 19.4 Å². The zero-order chi connectivity index (χ0) is 15.9. The smallest absolute Gasteiger partial charge is 0.343 e. The molecule has 118 valence electrons. The Hall–Kier alpha value is -2.54. The van der Waals surface area contributed by atoms with Crippen LogP contribution in [0.2, 0.25) is 0 Å². The molecule has 0 unspecified atom stereocenters. The number of hydrogen-bond donors (Lipinski definition) is 1. The van der Waals surface area contributed by atoms with Crippen LogP contribution in [-0.2, 0) is 9.47 Å². The van der Waals surface area contributed by atoms with Crippen molar-refractivity contribution in [2.24, 2.45) is 0 Å². The Morgan fingerprint density at radius 1 is 1.32 bits per heavy atom. The van der Waals surface area contributed by atoms with Gasteiger partial charge in [0.2, 0.25) is 0 Å². The number of benzene rings is 1. The quantitative estimate of drug-likeness (QED) is 0.618. The number of anilines is 1. The number of hydrogen-bond acceptors (Lipinski definition) is 6. The maximum atomic E-state index is 11.8. The summed E-state index contributed by atoms with van der Waals surface area (Å²) in [4.78, 5) is 11.8. The van der Waals surface area contributed by atoms with Crippen LogP contribution in [0.25, 0.3) is 5.69 Å². The standard InChI is InChI=1S/C15H19N3O4/c1-3-21-15(19)11-10-17-18(14(11)16)12-6-4-5-7-13(12)22-9-8-20-2/h4-7,10H,3,8-9,16H2,1-2H3.